The number of H-pyrrole nitrogens is 1. The number of nitrogens with one attached hydrogen (secondary N) is 2. The van der Waals surface area contributed by atoms with Crippen LogP contribution in [0.5, 0.6) is 0 Å². The van der Waals surface area contributed by atoms with Crippen LogP contribution in [0.25, 0.3) is 0 Å². The Morgan fingerprint density at radius 2 is 2.04 bits per heavy atom. The third-order valence-electron chi connectivity index (χ3n) is 4.55. The average Bonchev–Trinajstić information content (AvgIpc) is 2.94. The minimum Gasteiger partial charge on any atom is -0.337 e. The molecule has 0 radical (unpaired) electrons. The Hall–Kier alpha value is -2.42. The molecular weight excluding hydrogens is 371 g/mol. The molecule has 1 aliphatic rings. The van der Waals surface area contributed by atoms with Gasteiger partial charge < -0.3 is 10.2 Å². The Morgan fingerprint density at radius 1 is 1.33 bits per heavy atom. The lowest BCUT2D eigenvalue weighted by Gasteiger charge is -2.29. The summed E-state index contributed by atoms with van der Waals surface area (Å²) in [5.41, 5.74) is 1.86. The molecule has 7 nitrogen and oxygen atoms in total. The molecule has 0 unspecified atom stereocenters. The van der Waals surface area contributed by atoms with Gasteiger partial charge in [0.2, 0.25) is 0 Å². The number of hydrogen-bond acceptors (Lipinski definition) is 4. The summed E-state index contributed by atoms with van der Waals surface area (Å²) in [5.74, 6) is -0.747. The van der Waals surface area contributed by atoms with E-state index < -0.39 is 15.7 Å². The number of halogens is 1. The predicted octanol–water partition coefficient (Wildman–Crippen LogP) is 2.12. The second-order valence-corrected chi connectivity index (χ2v) is 9.68. The van der Waals surface area contributed by atoms with Crippen molar-refractivity contribution in [1.29, 1.82) is 0 Å². The highest BCUT2D eigenvalue weighted by molar-refractivity contribution is 7.91. The van der Waals surface area contributed by atoms with E-state index in [0.29, 0.717) is 13.1 Å². The molecule has 0 atom stereocenters. The molecule has 1 aromatic carbocycles. The Bertz CT molecular complexity index is 922. The van der Waals surface area contributed by atoms with Gasteiger partial charge in [-0.25, -0.2) is 17.6 Å². The van der Waals surface area contributed by atoms with E-state index in [-0.39, 0.29) is 28.6 Å². The molecule has 0 saturated carbocycles. The number of hydrogen-bond donors (Lipinski definition) is 2. The molecule has 9 heteroatoms. The number of rotatable bonds is 4. The standard InChI is InChI=1S/C18H23FN4O3S/c1-18(2)9-16-13(10-21-22-16)11-23(12-18)17(24)20-7-8-27(25,26)15-5-3-14(19)4-6-15/h3-6,10H,7-9,11-12H2,1-2H3,(H,20,24)(H,21,22). The van der Waals surface area contributed by atoms with Crippen LogP contribution in [-0.2, 0) is 22.8 Å². The van der Waals surface area contributed by atoms with E-state index in [0.717, 1.165) is 29.8 Å². The van der Waals surface area contributed by atoms with E-state index in [2.05, 4.69) is 29.4 Å². The van der Waals surface area contributed by atoms with Crippen molar-refractivity contribution in [2.45, 2.75) is 31.7 Å². The van der Waals surface area contributed by atoms with Gasteiger partial charge in [-0.2, -0.15) is 5.10 Å². The van der Waals surface area contributed by atoms with E-state index in [9.17, 15) is 17.6 Å². The maximum atomic E-state index is 13.0. The van der Waals surface area contributed by atoms with Crippen molar-refractivity contribution in [1.82, 2.24) is 20.4 Å². The van der Waals surface area contributed by atoms with E-state index in [1.165, 1.54) is 12.1 Å². The van der Waals surface area contributed by atoms with E-state index in [4.69, 9.17) is 0 Å². The van der Waals surface area contributed by atoms with Crippen molar-refractivity contribution in [2.24, 2.45) is 5.41 Å². The number of fused-ring (bicyclic) bond motifs is 1. The van der Waals surface area contributed by atoms with Gasteiger partial charge in [-0.15, -0.1) is 0 Å². The van der Waals surface area contributed by atoms with E-state index >= 15 is 0 Å². The fraction of sp³-hybridized carbons (Fsp3) is 0.444. The van der Waals surface area contributed by atoms with Gasteiger partial charge in [0, 0.05) is 24.3 Å². The van der Waals surface area contributed by atoms with Gasteiger partial charge in [0.05, 0.1) is 23.4 Å². The molecule has 2 aromatic rings. The van der Waals surface area contributed by atoms with Crippen molar-refractivity contribution in [3.05, 3.63) is 47.5 Å². The van der Waals surface area contributed by atoms with Gasteiger partial charge >= 0.3 is 6.03 Å². The van der Waals surface area contributed by atoms with Gasteiger partial charge in [0.25, 0.3) is 0 Å². The summed E-state index contributed by atoms with van der Waals surface area (Å²) in [7, 11) is -3.59. The van der Waals surface area contributed by atoms with Crippen molar-refractivity contribution >= 4 is 15.9 Å². The van der Waals surface area contributed by atoms with Gasteiger partial charge in [0.15, 0.2) is 9.84 Å². The zero-order valence-electron chi connectivity index (χ0n) is 15.3. The number of sulfone groups is 1. The molecule has 3 rings (SSSR count). The molecule has 0 spiro atoms. The predicted molar refractivity (Wildman–Crippen MR) is 98.3 cm³/mol. The second-order valence-electron chi connectivity index (χ2n) is 7.58. The quantitative estimate of drug-likeness (QED) is 0.777. The number of carbonyl (C=O) groups is 1. The van der Waals surface area contributed by atoms with Gasteiger partial charge in [0.1, 0.15) is 5.82 Å². The normalized spacial score (nSPS) is 16.5. The van der Waals surface area contributed by atoms with Crippen LogP contribution in [0.15, 0.2) is 35.4 Å². The number of carbonyl (C=O) groups excluding carboxylic acids is 1. The first-order chi connectivity index (χ1) is 12.7. The largest absolute Gasteiger partial charge is 0.337 e. The van der Waals surface area contributed by atoms with Crippen LogP contribution in [-0.4, -0.2) is 48.4 Å². The average molecular weight is 394 g/mol. The SMILES string of the molecule is CC1(C)Cc2[nH]ncc2CN(C(=O)NCCS(=O)(=O)c2ccc(F)cc2)C1. The Labute approximate surface area is 157 Å². The summed E-state index contributed by atoms with van der Waals surface area (Å²) in [4.78, 5) is 14.3. The fourth-order valence-corrected chi connectivity index (χ4v) is 4.40. The number of urea groups is 1. The van der Waals surface area contributed by atoms with Crippen molar-refractivity contribution in [3.63, 3.8) is 0 Å². The van der Waals surface area contributed by atoms with Crippen molar-refractivity contribution < 1.29 is 17.6 Å². The lowest BCUT2D eigenvalue weighted by atomic mass is 9.88. The molecule has 0 aliphatic carbocycles. The lowest BCUT2D eigenvalue weighted by Crippen LogP contribution is -2.44. The Morgan fingerprint density at radius 3 is 2.74 bits per heavy atom. The zero-order chi connectivity index (χ0) is 19.7. The summed E-state index contributed by atoms with van der Waals surface area (Å²) in [5, 5.41) is 9.71. The van der Waals surface area contributed by atoms with E-state index in [1.807, 2.05) is 0 Å². The summed E-state index contributed by atoms with van der Waals surface area (Å²) >= 11 is 0. The molecular formula is C18H23FN4O3S. The van der Waals surface area contributed by atoms with Crippen LogP contribution in [0.4, 0.5) is 9.18 Å². The minimum absolute atomic E-state index is 0.0201. The first-order valence-electron chi connectivity index (χ1n) is 8.68. The summed E-state index contributed by atoms with van der Waals surface area (Å²) < 4.78 is 37.5. The first-order valence-corrected chi connectivity index (χ1v) is 10.3. The molecule has 2 heterocycles. The van der Waals surface area contributed by atoms with Crippen LogP contribution in [0, 0.1) is 11.2 Å². The molecule has 0 saturated heterocycles. The van der Waals surface area contributed by atoms with Crippen molar-refractivity contribution in [3.8, 4) is 0 Å². The number of nitrogens with zero attached hydrogens (tertiary/aromatic N) is 2. The minimum atomic E-state index is -3.59. The molecule has 27 heavy (non-hydrogen) atoms. The maximum Gasteiger partial charge on any atom is 0.317 e. The van der Waals surface area contributed by atoms with Gasteiger partial charge in [-0.1, -0.05) is 13.8 Å². The third-order valence-corrected chi connectivity index (χ3v) is 6.28. The number of aromatic nitrogens is 2. The smallest absolute Gasteiger partial charge is 0.317 e. The number of aromatic amines is 1. The fourth-order valence-electron chi connectivity index (χ4n) is 3.25. The number of amides is 2. The van der Waals surface area contributed by atoms with Gasteiger partial charge in [-0.3, -0.25) is 5.10 Å². The van der Waals surface area contributed by atoms with Crippen LogP contribution in [0.3, 0.4) is 0 Å². The second kappa shape index (κ2) is 7.30. The maximum absolute atomic E-state index is 13.0. The van der Waals surface area contributed by atoms with Crippen LogP contribution in [0.2, 0.25) is 0 Å². The molecule has 2 amide bonds. The molecule has 146 valence electrons. The molecule has 1 aromatic heterocycles. The molecule has 0 fully saturated rings. The highest BCUT2D eigenvalue weighted by Gasteiger charge is 2.31. The van der Waals surface area contributed by atoms with Crippen molar-refractivity contribution in [2.75, 3.05) is 18.8 Å². The zero-order valence-corrected chi connectivity index (χ0v) is 16.1. The molecule has 0 bridgehead atoms. The summed E-state index contributed by atoms with van der Waals surface area (Å²) in [6, 6.07) is 4.35. The summed E-state index contributed by atoms with van der Waals surface area (Å²) in [6.07, 6.45) is 2.50. The first kappa shape index (κ1) is 19.3. The highest BCUT2D eigenvalue weighted by Crippen LogP contribution is 2.28. The highest BCUT2D eigenvalue weighted by atomic mass is 32.2. The molecule has 2 N–H and O–H groups in total. The van der Waals surface area contributed by atoms with Crippen LogP contribution >= 0.6 is 0 Å². The third kappa shape index (κ3) is 4.65. The Balaban J connectivity index is 1.61. The van der Waals surface area contributed by atoms with Gasteiger partial charge in [-0.05, 0) is 36.1 Å². The van der Waals surface area contributed by atoms with Crippen LogP contribution in [0.1, 0.15) is 25.1 Å². The Kier molecular flexibility index (Phi) is 5.23. The lowest BCUT2D eigenvalue weighted by molar-refractivity contribution is 0.168. The monoisotopic (exact) mass is 394 g/mol. The molecule has 1 aliphatic heterocycles. The van der Waals surface area contributed by atoms with E-state index in [1.54, 1.807) is 11.1 Å². The summed E-state index contributed by atoms with van der Waals surface area (Å²) in [6.45, 7) is 5.09. The topological polar surface area (TPSA) is 95.2 Å². The van der Waals surface area contributed by atoms with Crippen LogP contribution < -0.4 is 5.32 Å². The number of benzene rings is 1.